The molecule has 1 heterocycles. The number of carbonyl (C=O) groups excluding carboxylic acids is 1. The molecule has 0 radical (unpaired) electrons. The van der Waals surface area contributed by atoms with Gasteiger partial charge in [-0.2, -0.15) is 31.6 Å². The molecule has 2 rings (SSSR count). The average molecular weight is 418 g/mol. The minimum Gasteiger partial charge on any atom is -0.474 e. The molecule has 0 fully saturated rings. The van der Waals surface area contributed by atoms with Crippen LogP contribution < -0.4 is 10.1 Å². The first-order chi connectivity index (χ1) is 13.3. The van der Waals surface area contributed by atoms with Gasteiger partial charge in [0.15, 0.2) is 11.2 Å². The normalized spacial score (nSPS) is 13.9. The van der Waals surface area contributed by atoms with Crippen molar-refractivity contribution in [2.75, 3.05) is 6.61 Å². The highest BCUT2D eigenvalue weighted by Crippen LogP contribution is 2.30. The van der Waals surface area contributed by atoms with Gasteiger partial charge in [0.05, 0.1) is 11.6 Å². The van der Waals surface area contributed by atoms with E-state index >= 15 is 0 Å². The second-order valence-corrected chi connectivity index (χ2v) is 6.00. The number of amides is 1. The summed E-state index contributed by atoms with van der Waals surface area (Å²) < 4.78 is 80.7. The highest BCUT2D eigenvalue weighted by molar-refractivity contribution is 5.95. The van der Waals surface area contributed by atoms with Gasteiger partial charge < -0.3 is 10.1 Å². The molecule has 0 bridgehead atoms. The van der Waals surface area contributed by atoms with Gasteiger partial charge in [-0.3, -0.25) is 4.79 Å². The molecule has 0 saturated carbocycles. The van der Waals surface area contributed by atoms with Gasteiger partial charge in [0.1, 0.15) is 12.9 Å². The molecule has 154 valence electrons. The Balaban J connectivity index is 2.08. The number of nitriles is 1. The van der Waals surface area contributed by atoms with Crippen LogP contribution in [0.25, 0.3) is 0 Å². The monoisotopic (exact) mass is 418 g/mol. The van der Waals surface area contributed by atoms with Crippen molar-refractivity contribution >= 4 is 5.91 Å². The van der Waals surface area contributed by atoms with Crippen LogP contribution in [0.3, 0.4) is 0 Å². The Morgan fingerprint density at radius 1 is 1.10 bits per heavy atom. The number of aromatic nitrogens is 2. The molecule has 29 heavy (non-hydrogen) atoms. The third kappa shape index (κ3) is 5.81. The Kier molecular flexibility index (Phi) is 6.01. The van der Waals surface area contributed by atoms with E-state index in [1.165, 1.54) is 6.92 Å². The fourth-order valence-electron chi connectivity index (χ4n) is 2.02. The largest absolute Gasteiger partial charge is 0.474 e. The fraction of sp³-hybridized carbons (Fsp3) is 0.294. The number of benzene rings is 1. The molecule has 0 aliphatic rings. The Morgan fingerprint density at radius 3 is 2.24 bits per heavy atom. The lowest BCUT2D eigenvalue weighted by atomic mass is 10.0. The highest BCUT2D eigenvalue weighted by Gasteiger charge is 2.34. The number of nitrogens with zero attached hydrogens (tertiary/aromatic N) is 3. The molecule has 0 aliphatic carbocycles. The molecular formula is C17H12F6N4O2. The molecule has 1 atom stereocenters. The van der Waals surface area contributed by atoms with E-state index in [1.54, 1.807) is 6.07 Å². The van der Waals surface area contributed by atoms with Crippen molar-refractivity contribution in [2.24, 2.45) is 0 Å². The van der Waals surface area contributed by atoms with Gasteiger partial charge in [-0.15, -0.1) is 0 Å². The molecule has 0 aliphatic heterocycles. The number of nitrogens with one attached hydrogen (secondary N) is 1. The first-order valence-electron chi connectivity index (χ1n) is 7.77. The van der Waals surface area contributed by atoms with E-state index in [0.717, 1.165) is 12.1 Å². The van der Waals surface area contributed by atoms with Crippen LogP contribution >= 0.6 is 0 Å². The Morgan fingerprint density at radius 2 is 1.72 bits per heavy atom. The molecule has 1 N–H and O–H groups in total. The summed E-state index contributed by atoms with van der Waals surface area (Å²) in [4.78, 5) is 18.8. The zero-order valence-corrected chi connectivity index (χ0v) is 14.6. The molecule has 1 aromatic carbocycles. The Hall–Kier alpha value is -3.36. The van der Waals surface area contributed by atoms with Crippen LogP contribution in [-0.4, -0.2) is 28.0 Å². The quantitative estimate of drug-likeness (QED) is 0.750. The standard InChI is InChI=1S/C17H12F6N4O2/c1-15(7-24,8-29-13-6-12(17(21,22)23)25-9-26-13)27-14(28)10-2-4-11(5-3-10)16(18,19)20/h2-6,9H,8H2,1H3,(H,27,28). The van der Waals surface area contributed by atoms with Gasteiger partial charge in [0, 0.05) is 11.6 Å². The first-order valence-corrected chi connectivity index (χ1v) is 7.77. The van der Waals surface area contributed by atoms with Crippen molar-refractivity contribution < 1.29 is 35.9 Å². The van der Waals surface area contributed by atoms with Gasteiger partial charge >= 0.3 is 12.4 Å². The lowest BCUT2D eigenvalue weighted by Crippen LogP contribution is -2.49. The lowest BCUT2D eigenvalue weighted by Gasteiger charge is -2.23. The van der Waals surface area contributed by atoms with Crippen molar-refractivity contribution in [2.45, 2.75) is 24.8 Å². The van der Waals surface area contributed by atoms with E-state index in [-0.39, 0.29) is 5.56 Å². The average Bonchev–Trinajstić information content (AvgIpc) is 2.65. The van der Waals surface area contributed by atoms with Crippen molar-refractivity contribution in [3.05, 3.63) is 53.5 Å². The van der Waals surface area contributed by atoms with Gasteiger partial charge in [-0.05, 0) is 31.2 Å². The molecule has 1 unspecified atom stereocenters. The summed E-state index contributed by atoms with van der Waals surface area (Å²) in [6, 6.07) is 5.51. The summed E-state index contributed by atoms with van der Waals surface area (Å²) >= 11 is 0. The number of hydrogen-bond donors (Lipinski definition) is 1. The van der Waals surface area contributed by atoms with Crippen molar-refractivity contribution in [3.63, 3.8) is 0 Å². The number of halogens is 6. The second kappa shape index (κ2) is 7.94. The minimum absolute atomic E-state index is 0.152. The summed E-state index contributed by atoms with van der Waals surface area (Å²) in [6.07, 6.45) is -8.67. The highest BCUT2D eigenvalue weighted by atomic mass is 19.4. The minimum atomic E-state index is -4.73. The topological polar surface area (TPSA) is 87.9 Å². The number of hydrogen-bond acceptors (Lipinski definition) is 5. The number of alkyl halides is 6. The molecule has 0 saturated heterocycles. The van der Waals surface area contributed by atoms with Crippen LogP contribution in [-0.2, 0) is 12.4 Å². The third-order valence-corrected chi connectivity index (χ3v) is 3.55. The second-order valence-electron chi connectivity index (χ2n) is 6.00. The molecule has 1 aromatic heterocycles. The summed E-state index contributed by atoms with van der Waals surface area (Å²) in [5, 5.41) is 11.5. The Bertz CT molecular complexity index is 921. The number of ether oxygens (including phenoxy) is 1. The third-order valence-electron chi connectivity index (χ3n) is 3.55. The maximum Gasteiger partial charge on any atom is 0.433 e. The Labute approximate surface area is 160 Å². The van der Waals surface area contributed by atoms with Crippen LogP contribution in [0.5, 0.6) is 5.88 Å². The molecule has 1 amide bonds. The predicted octanol–water partition coefficient (Wildman–Crippen LogP) is 3.61. The zero-order chi connectivity index (χ0) is 21.9. The molecule has 6 nitrogen and oxygen atoms in total. The molecular weight excluding hydrogens is 406 g/mol. The van der Waals surface area contributed by atoms with Crippen LogP contribution in [0.4, 0.5) is 26.3 Å². The van der Waals surface area contributed by atoms with Gasteiger partial charge in [-0.1, -0.05) is 0 Å². The molecule has 2 aromatic rings. The van der Waals surface area contributed by atoms with Gasteiger partial charge in [0.2, 0.25) is 5.88 Å². The van der Waals surface area contributed by atoms with Gasteiger partial charge in [0.25, 0.3) is 5.91 Å². The smallest absolute Gasteiger partial charge is 0.433 e. The predicted molar refractivity (Wildman–Crippen MR) is 85.5 cm³/mol. The lowest BCUT2D eigenvalue weighted by molar-refractivity contribution is -0.141. The fourth-order valence-corrected chi connectivity index (χ4v) is 2.02. The molecule has 12 heteroatoms. The SMILES string of the molecule is CC(C#N)(COc1cc(C(F)(F)F)ncn1)NC(=O)c1ccc(C(F)(F)F)cc1. The maximum atomic E-state index is 12.6. The maximum absolute atomic E-state index is 12.6. The summed E-state index contributed by atoms with van der Waals surface area (Å²) in [5.74, 6) is -1.34. The van der Waals surface area contributed by atoms with Gasteiger partial charge in [-0.25, -0.2) is 9.97 Å². The summed E-state index contributed by atoms with van der Waals surface area (Å²) in [6.45, 7) is 0.644. The van der Waals surface area contributed by atoms with Crippen LogP contribution in [0.1, 0.15) is 28.5 Å². The van der Waals surface area contributed by atoms with E-state index in [4.69, 9.17) is 4.74 Å². The van der Waals surface area contributed by atoms with Crippen molar-refractivity contribution in [3.8, 4) is 11.9 Å². The van der Waals surface area contributed by atoms with Crippen LogP contribution in [0, 0.1) is 11.3 Å². The van der Waals surface area contributed by atoms with E-state index in [9.17, 15) is 36.4 Å². The number of carbonyl (C=O) groups is 1. The van der Waals surface area contributed by atoms with E-state index in [1.807, 2.05) is 0 Å². The summed E-state index contributed by atoms with van der Waals surface area (Å²) in [7, 11) is 0. The van der Waals surface area contributed by atoms with E-state index < -0.39 is 47.5 Å². The zero-order valence-electron chi connectivity index (χ0n) is 14.6. The van der Waals surface area contributed by atoms with Crippen LogP contribution in [0.15, 0.2) is 36.7 Å². The first kappa shape index (κ1) is 21.9. The van der Waals surface area contributed by atoms with Crippen molar-refractivity contribution in [1.29, 1.82) is 5.26 Å². The molecule has 0 spiro atoms. The number of rotatable bonds is 5. The van der Waals surface area contributed by atoms with E-state index in [2.05, 4.69) is 15.3 Å². The van der Waals surface area contributed by atoms with Crippen molar-refractivity contribution in [1.82, 2.24) is 15.3 Å². The van der Waals surface area contributed by atoms with E-state index in [0.29, 0.717) is 24.5 Å². The van der Waals surface area contributed by atoms with Crippen LogP contribution in [0.2, 0.25) is 0 Å². The summed E-state index contributed by atoms with van der Waals surface area (Å²) in [5.41, 5.74) is -4.07.